The van der Waals surface area contributed by atoms with Crippen molar-refractivity contribution < 1.29 is 12.6 Å². The number of nitrogens with zero attached hydrogens (tertiary/aromatic N) is 2. The van der Waals surface area contributed by atoms with Gasteiger partial charge in [-0.2, -0.15) is 8.42 Å². The number of hydrogen-bond donors (Lipinski definition) is 0. The van der Waals surface area contributed by atoms with Crippen molar-refractivity contribution in [2.75, 3.05) is 24.2 Å². The second-order valence-corrected chi connectivity index (χ2v) is 6.13. The monoisotopic (exact) mass is 276 g/mol. The van der Waals surface area contributed by atoms with Crippen molar-refractivity contribution in [3.8, 4) is 0 Å². The Morgan fingerprint density at radius 1 is 1.53 bits per heavy atom. The lowest BCUT2D eigenvalue weighted by Crippen LogP contribution is -2.53. The van der Waals surface area contributed by atoms with Crippen molar-refractivity contribution >= 4 is 27.5 Å². The third-order valence-corrected chi connectivity index (χ3v) is 3.53. The van der Waals surface area contributed by atoms with Gasteiger partial charge in [0.05, 0.1) is 6.26 Å². The number of aryl methyl sites for hydroxylation is 1. The van der Waals surface area contributed by atoms with E-state index in [9.17, 15) is 8.42 Å². The summed E-state index contributed by atoms with van der Waals surface area (Å²) in [5.74, 6) is 0.744. The maximum absolute atomic E-state index is 10.9. The highest BCUT2D eigenvalue weighted by Gasteiger charge is 2.31. The zero-order valence-electron chi connectivity index (χ0n) is 9.55. The highest BCUT2D eigenvalue weighted by atomic mass is 35.5. The average molecular weight is 277 g/mol. The Labute approximate surface area is 105 Å². The summed E-state index contributed by atoms with van der Waals surface area (Å²) in [5.41, 5.74) is 0.917. The molecule has 94 valence electrons. The van der Waals surface area contributed by atoms with E-state index in [1.807, 2.05) is 11.8 Å². The van der Waals surface area contributed by atoms with Crippen LogP contribution in [0.5, 0.6) is 0 Å². The Balaban J connectivity index is 1.97. The summed E-state index contributed by atoms with van der Waals surface area (Å²) in [6.45, 7) is 2.91. The second-order valence-electron chi connectivity index (χ2n) is 4.12. The third-order valence-electron chi connectivity index (χ3n) is 2.51. The summed E-state index contributed by atoms with van der Waals surface area (Å²) in [6, 6.07) is 1.77. The van der Waals surface area contributed by atoms with E-state index in [0.717, 1.165) is 17.6 Å². The maximum Gasteiger partial charge on any atom is 0.264 e. The van der Waals surface area contributed by atoms with Crippen molar-refractivity contribution in [1.82, 2.24) is 4.98 Å². The molecule has 0 saturated carbocycles. The van der Waals surface area contributed by atoms with Crippen LogP contribution in [0.2, 0.25) is 5.02 Å². The molecule has 1 aliphatic rings. The molecule has 1 aromatic heterocycles. The molecule has 0 atom stereocenters. The zero-order valence-corrected chi connectivity index (χ0v) is 11.1. The second kappa shape index (κ2) is 4.44. The molecule has 0 N–H and O–H groups in total. The average Bonchev–Trinajstić information content (AvgIpc) is 2.14. The molecule has 0 bridgehead atoms. The summed E-state index contributed by atoms with van der Waals surface area (Å²) in [5, 5.41) is 0.655. The van der Waals surface area contributed by atoms with Crippen LogP contribution in [0.15, 0.2) is 12.3 Å². The zero-order chi connectivity index (χ0) is 12.6. The first-order chi connectivity index (χ1) is 7.85. The predicted octanol–water partition coefficient (Wildman–Crippen LogP) is 1.21. The van der Waals surface area contributed by atoms with Crippen LogP contribution in [-0.4, -0.2) is 38.9 Å². The van der Waals surface area contributed by atoms with Crippen LogP contribution in [-0.2, 0) is 14.3 Å². The van der Waals surface area contributed by atoms with Crippen molar-refractivity contribution in [3.63, 3.8) is 0 Å². The molecule has 1 aromatic rings. The minimum Gasteiger partial charge on any atom is -0.351 e. The lowest BCUT2D eigenvalue weighted by Gasteiger charge is -2.38. The lowest BCUT2D eigenvalue weighted by atomic mass is 10.1. The predicted molar refractivity (Wildman–Crippen MR) is 65.9 cm³/mol. The van der Waals surface area contributed by atoms with Gasteiger partial charge in [-0.25, -0.2) is 4.98 Å². The van der Waals surface area contributed by atoms with Crippen LogP contribution in [0.1, 0.15) is 5.56 Å². The van der Waals surface area contributed by atoms with E-state index in [0.29, 0.717) is 18.1 Å². The van der Waals surface area contributed by atoms with E-state index in [2.05, 4.69) is 4.98 Å². The SMILES string of the molecule is Cc1cnc(N2CC(OS(C)(=O)=O)C2)cc1Cl. The molecule has 1 aliphatic heterocycles. The fourth-order valence-corrected chi connectivity index (χ4v) is 2.36. The Bertz CT molecular complexity index is 526. The van der Waals surface area contributed by atoms with Crippen LogP contribution in [0.3, 0.4) is 0 Å². The Morgan fingerprint density at radius 2 is 2.18 bits per heavy atom. The summed E-state index contributed by atoms with van der Waals surface area (Å²) in [7, 11) is -3.38. The van der Waals surface area contributed by atoms with E-state index < -0.39 is 10.1 Å². The number of hydrogen-bond acceptors (Lipinski definition) is 5. The normalized spacial score (nSPS) is 17.0. The van der Waals surface area contributed by atoms with Gasteiger partial charge >= 0.3 is 0 Å². The topological polar surface area (TPSA) is 59.5 Å². The number of halogens is 1. The molecule has 2 rings (SSSR count). The molecule has 17 heavy (non-hydrogen) atoms. The fourth-order valence-electron chi connectivity index (χ4n) is 1.60. The number of pyridine rings is 1. The Morgan fingerprint density at radius 3 is 2.71 bits per heavy atom. The van der Waals surface area contributed by atoms with Crippen LogP contribution in [0, 0.1) is 6.92 Å². The first kappa shape index (κ1) is 12.6. The van der Waals surface area contributed by atoms with E-state index in [1.54, 1.807) is 12.3 Å². The van der Waals surface area contributed by atoms with Gasteiger partial charge in [0.25, 0.3) is 10.1 Å². The van der Waals surface area contributed by atoms with Gasteiger partial charge in [-0.3, -0.25) is 4.18 Å². The van der Waals surface area contributed by atoms with E-state index in [1.165, 1.54) is 0 Å². The first-order valence-corrected chi connectivity index (χ1v) is 7.30. The smallest absolute Gasteiger partial charge is 0.264 e. The van der Waals surface area contributed by atoms with Crippen LogP contribution >= 0.6 is 11.6 Å². The molecule has 2 heterocycles. The minimum atomic E-state index is -3.38. The van der Waals surface area contributed by atoms with Gasteiger partial charge in [-0.15, -0.1) is 0 Å². The molecule has 5 nitrogen and oxygen atoms in total. The number of aromatic nitrogens is 1. The lowest BCUT2D eigenvalue weighted by molar-refractivity contribution is 0.176. The van der Waals surface area contributed by atoms with Crippen LogP contribution < -0.4 is 4.90 Å². The maximum atomic E-state index is 10.9. The molecule has 0 radical (unpaired) electrons. The van der Waals surface area contributed by atoms with Crippen LogP contribution in [0.4, 0.5) is 5.82 Å². The van der Waals surface area contributed by atoms with Gasteiger partial charge in [0.1, 0.15) is 11.9 Å². The van der Waals surface area contributed by atoms with Crippen molar-refractivity contribution in [1.29, 1.82) is 0 Å². The highest BCUT2D eigenvalue weighted by molar-refractivity contribution is 7.86. The van der Waals surface area contributed by atoms with Crippen molar-refractivity contribution in [2.45, 2.75) is 13.0 Å². The number of rotatable bonds is 3. The Kier molecular flexibility index (Phi) is 3.29. The molecule has 0 spiro atoms. The van der Waals surface area contributed by atoms with Crippen molar-refractivity contribution in [2.24, 2.45) is 0 Å². The molecule has 0 amide bonds. The fraction of sp³-hybridized carbons (Fsp3) is 0.500. The quantitative estimate of drug-likeness (QED) is 0.777. The molecule has 1 saturated heterocycles. The van der Waals surface area contributed by atoms with Crippen LogP contribution in [0.25, 0.3) is 0 Å². The molecular weight excluding hydrogens is 264 g/mol. The molecule has 0 aromatic carbocycles. The molecular formula is C10H13ClN2O3S. The van der Waals surface area contributed by atoms with Gasteiger partial charge in [-0.1, -0.05) is 11.6 Å². The Hall–Kier alpha value is -0.850. The summed E-state index contributed by atoms with van der Waals surface area (Å²) < 4.78 is 26.6. The standard InChI is InChI=1S/C10H13ClN2O3S/c1-7-4-12-10(3-9(7)11)13-5-8(6-13)16-17(2,14)15/h3-4,8H,5-6H2,1-2H3. The highest BCUT2D eigenvalue weighted by Crippen LogP contribution is 2.25. The van der Waals surface area contributed by atoms with Gasteiger partial charge in [-0.05, 0) is 18.6 Å². The van der Waals surface area contributed by atoms with E-state index >= 15 is 0 Å². The summed E-state index contributed by atoms with van der Waals surface area (Å²) >= 11 is 5.99. The third kappa shape index (κ3) is 3.08. The minimum absolute atomic E-state index is 0.285. The number of anilines is 1. The molecule has 0 unspecified atom stereocenters. The summed E-state index contributed by atoms with van der Waals surface area (Å²) in [6.07, 6.45) is 2.46. The van der Waals surface area contributed by atoms with Gasteiger partial charge in [0.2, 0.25) is 0 Å². The molecule has 7 heteroatoms. The largest absolute Gasteiger partial charge is 0.351 e. The van der Waals surface area contributed by atoms with Gasteiger partial charge < -0.3 is 4.90 Å². The van der Waals surface area contributed by atoms with E-state index in [-0.39, 0.29) is 6.10 Å². The summed E-state index contributed by atoms with van der Waals surface area (Å²) in [4.78, 5) is 6.15. The van der Waals surface area contributed by atoms with Gasteiger partial charge in [0.15, 0.2) is 0 Å². The molecule has 1 fully saturated rings. The van der Waals surface area contributed by atoms with E-state index in [4.69, 9.17) is 15.8 Å². The van der Waals surface area contributed by atoms with Gasteiger partial charge in [0, 0.05) is 24.3 Å². The first-order valence-electron chi connectivity index (χ1n) is 5.10. The molecule has 0 aliphatic carbocycles. The van der Waals surface area contributed by atoms with Crippen molar-refractivity contribution in [3.05, 3.63) is 22.8 Å².